The number of aliphatic hydroxyl groups excluding tert-OH is 11. The molecule has 628 valence electrons. The Bertz CT molecular complexity index is 1960. The fourth-order valence-corrected chi connectivity index (χ4v) is 15.7. The molecule has 3 heterocycles. The number of rotatable bonds is 74. The van der Waals surface area contributed by atoms with Crippen molar-refractivity contribution in [1.29, 1.82) is 0 Å². The summed E-state index contributed by atoms with van der Waals surface area (Å²) in [5.74, 6) is -0.265. The number of allylic oxidation sites excluding steroid dienone is 1. The van der Waals surface area contributed by atoms with Crippen LogP contribution in [0, 0.1) is 0 Å². The minimum atomic E-state index is -1.98. The van der Waals surface area contributed by atoms with Gasteiger partial charge in [0.25, 0.3) is 0 Å². The fraction of sp³-hybridized carbons (Fsp3) is 0.966. The van der Waals surface area contributed by atoms with E-state index in [-0.39, 0.29) is 18.9 Å². The number of hydrogen-bond donors (Lipinski definition) is 12. The molecule has 1 amide bonds. The summed E-state index contributed by atoms with van der Waals surface area (Å²) in [6.45, 7) is 1.82. The van der Waals surface area contributed by atoms with Gasteiger partial charge in [0.2, 0.25) is 5.91 Å². The number of ether oxygens (including phenoxy) is 6. The summed E-state index contributed by atoms with van der Waals surface area (Å²) >= 11 is 0. The van der Waals surface area contributed by atoms with E-state index in [1.165, 1.54) is 334 Å². The minimum absolute atomic E-state index is 0.250. The van der Waals surface area contributed by atoms with Crippen molar-refractivity contribution in [3.8, 4) is 0 Å². The van der Waals surface area contributed by atoms with Gasteiger partial charge in [-0.25, -0.2) is 0 Å². The molecule has 0 aromatic carbocycles. The van der Waals surface area contributed by atoms with Crippen LogP contribution in [-0.2, 0) is 33.2 Å². The van der Waals surface area contributed by atoms with E-state index in [9.17, 15) is 61.0 Å². The number of carbonyl (C=O) groups excluding carboxylic acids is 1. The standard InChI is InChI=1S/C87H167NO18/c1-3-5-7-9-11-13-15-17-19-21-23-25-27-29-31-33-34-35-37-38-40-42-44-46-48-50-52-54-56-58-60-62-64-71(92)70(88-75(93)65-63-61-59-57-55-53-51-49-47-45-43-41-39-36-32-30-28-26-24-22-20-18-16-14-12-10-8-6-4-2)69-101-85-81(99)78(96)83(73(67-90)103-85)106-87-82(100)79(97)84(74(68-91)104-87)105-86-80(98)77(95)76(94)72(66-89)102-86/h62,64,70-74,76-87,89-92,94-100H,3-61,63,65-69H2,1-2H3,(H,88,93)/b64-62+. The summed E-state index contributed by atoms with van der Waals surface area (Å²) in [5.41, 5.74) is 0. The third-order valence-corrected chi connectivity index (χ3v) is 22.8. The van der Waals surface area contributed by atoms with Gasteiger partial charge in [0.1, 0.15) is 73.2 Å². The summed E-state index contributed by atoms with van der Waals surface area (Å²) in [4.78, 5) is 13.5. The fourth-order valence-electron chi connectivity index (χ4n) is 15.7. The van der Waals surface area contributed by atoms with Crippen molar-refractivity contribution >= 4 is 5.91 Å². The van der Waals surface area contributed by atoms with E-state index in [1.54, 1.807) is 6.08 Å². The highest BCUT2D eigenvalue weighted by atomic mass is 16.8. The molecule has 0 aliphatic carbocycles. The van der Waals surface area contributed by atoms with Crippen LogP contribution in [0.4, 0.5) is 0 Å². The van der Waals surface area contributed by atoms with Crippen LogP contribution in [-0.4, -0.2) is 193 Å². The van der Waals surface area contributed by atoms with Crippen molar-refractivity contribution in [1.82, 2.24) is 5.32 Å². The van der Waals surface area contributed by atoms with Crippen LogP contribution in [0.2, 0.25) is 0 Å². The Kier molecular flexibility index (Phi) is 63.3. The van der Waals surface area contributed by atoms with Crippen molar-refractivity contribution in [3.05, 3.63) is 12.2 Å². The van der Waals surface area contributed by atoms with Crippen molar-refractivity contribution in [2.45, 2.75) is 510 Å². The molecular formula is C87H167NO18. The molecule has 0 bridgehead atoms. The second-order valence-corrected chi connectivity index (χ2v) is 32.4. The van der Waals surface area contributed by atoms with Gasteiger partial charge < -0.3 is 89.9 Å². The molecule has 3 aliphatic rings. The Labute approximate surface area is 646 Å². The maximum absolute atomic E-state index is 13.5. The highest BCUT2D eigenvalue weighted by molar-refractivity contribution is 5.76. The lowest BCUT2D eigenvalue weighted by Crippen LogP contribution is -2.66. The number of hydrogen-bond acceptors (Lipinski definition) is 18. The minimum Gasteiger partial charge on any atom is -0.394 e. The number of unbranched alkanes of at least 4 members (excludes halogenated alkanes) is 58. The molecule has 0 saturated carbocycles. The van der Waals surface area contributed by atoms with E-state index >= 15 is 0 Å². The first-order valence-electron chi connectivity index (χ1n) is 44.9. The van der Waals surface area contributed by atoms with Crippen LogP contribution < -0.4 is 5.32 Å². The van der Waals surface area contributed by atoms with Gasteiger partial charge in [-0.05, 0) is 19.3 Å². The molecule has 0 radical (unpaired) electrons. The van der Waals surface area contributed by atoms with Gasteiger partial charge in [0.05, 0.1) is 38.6 Å². The van der Waals surface area contributed by atoms with Crippen molar-refractivity contribution in [3.63, 3.8) is 0 Å². The average molecular weight is 1520 g/mol. The number of nitrogens with one attached hydrogen (secondary N) is 1. The Balaban J connectivity index is 1.33. The third kappa shape index (κ3) is 46.6. The summed E-state index contributed by atoms with van der Waals surface area (Å²) in [7, 11) is 0. The van der Waals surface area contributed by atoms with E-state index in [4.69, 9.17) is 28.4 Å². The van der Waals surface area contributed by atoms with Crippen molar-refractivity contribution in [2.24, 2.45) is 0 Å². The number of carbonyl (C=O) groups is 1. The van der Waals surface area contributed by atoms with Gasteiger partial charge in [0.15, 0.2) is 18.9 Å². The first kappa shape index (κ1) is 98.7. The predicted molar refractivity (Wildman–Crippen MR) is 425 cm³/mol. The van der Waals surface area contributed by atoms with Crippen LogP contribution in [0.5, 0.6) is 0 Å². The van der Waals surface area contributed by atoms with Gasteiger partial charge in [-0.1, -0.05) is 392 Å². The molecule has 3 aliphatic heterocycles. The van der Waals surface area contributed by atoms with Crippen LogP contribution in [0.15, 0.2) is 12.2 Å². The van der Waals surface area contributed by atoms with Crippen LogP contribution >= 0.6 is 0 Å². The molecule has 106 heavy (non-hydrogen) atoms. The summed E-state index contributed by atoms with van der Waals surface area (Å²) in [6, 6.07) is -0.971. The zero-order valence-electron chi connectivity index (χ0n) is 67.7. The number of aliphatic hydroxyl groups is 11. The van der Waals surface area contributed by atoms with Crippen LogP contribution in [0.25, 0.3) is 0 Å². The quantitative estimate of drug-likeness (QED) is 0.0199. The van der Waals surface area contributed by atoms with Gasteiger partial charge in [-0.3, -0.25) is 4.79 Å². The summed E-state index contributed by atoms with van der Waals surface area (Å²) in [6.07, 6.45) is 56.5. The van der Waals surface area contributed by atoms with E-state index in [1.807, 2.05) is 6.08 Å². The van der Waals surface area contributed by atoms with E-state index < -0.39 is 124 Å². The molecule has 17 unspecified atom stereocenters. The van der Waals surface area contributed by atoms with E-state index in [2.05, 4.69) is 19.2 Å². The SMILES string of the molecule is CCCCCCCCCCCCCCCCCCCCCCCCCCCCCCCC/C=C/C(O)C(COC1OC(CO)C(OC2OC(CO)C(OC3OC(CO)C(O)C(O)C3O)C(O)C2O)C(O)C1O)NC(=O)CCCCCCCCCCCCCCCCCCCCCCCCCCCCCCC. The normalized spacial score (nSPS) is 25.6. The smallest absolute Gasteiger partial charge is 0.220 e. The second kappa shape index (κ2) is 68.0. The second-order valence-electron chi connectivity index (χ2n) is 32.4. The average Bonchev–Trinajstić information content (AvgIpc) is 0.781. The maximum atomic E-state index is 13.5. The predicted octanol–water partition coefficient (Wildman–Crippen LogP) is 16.7. The monoisotopic (exact) mass is 1510 g/mol. The molecule has 0 aromatic heterocycles. The zero-order valence-corrected chi connectivity index (χ0v) is 67.7. The molecule has 12 N–H and O–H groups in total. The van der Waals surface area contributed by atoms with Gasteiger partial charge in [-0.15, -0.1) is 0 Å². The number of amides is 1. The Hall–Kier alpha value is -1.47. The molecule has 3 saturated heterocycles. The van der Waals surface area contributed by atoms with Gasteiger partial charge in [0, 0.05) is 6.42 Å². The molecule has 0 aromatic rings. The molecule has 3 fully saturated rings. The third-order valence-electron chi connectivity index (χ3n) is 22.8. The highest BCUT2D eigenvalue weighted by Crippen LogP contribution is 2.34. The van der Waals surface area contributed by atoms with E-state index in [0.717, 1.165) is 44.9 Å². The lowest BCUT2D eigenvalue weighted by atomic mass is 9.96. The topological polar surface area (TPSA) is 307 Å². The molecule has 3 rings (SSSR count). The van der Waals surface area contributed by atoms with Crippen LogP contribution in [0.1, 0.15) is 406 Å². The lowest BCUT2D eigenvalue weighted by Gasteiger charge is -2.48. The molecular weight excluding hydrogens is 1350 g/mol. The summed E-state index contributed by atoms with van der Waals surface area (Å²) < 4.78 is 34.5. The molecule has 0 spiro atoms. The van der Waals surface area contributed by atoms with Gasteiger partial charge >= 0.3 is 0 Å². The first-order valence-corrected chi connectivity index (χ1v) is 44.9. The van der Waals surface area contributed by atoms with Crippen molar-refractivity contribution in [2.75, 3.05) is 26.4 Å². The highest BCUT2D eigenvalue weighted by Gasteiger charge is 2.54. The Morgan fingerprint density at radius 3 is 0.887 bits per heavy atom. The maximum Gasteiger partial charge on any atom is 0.220 e. The molecule has 17 atom stereocenters. The van der Waals surface area contributed by atoms with Gasteiger partial charge in [-0.2, -0.15) is 0 Å². The zero-order chi connectivity index (χ0) is 76.7. The van der Waals surface area contributed by atoms with Crippen LogP contribution in [0.3, 0.4) is 0 Å². The Morgan fingerprint density at radius 1 is 0.330 bits per heavy atom. The molecule has 19 nitrogen and oxygen atoms in total. The lowest BCUT2D eigenvalue weighted by molar-refractivity contribution is -0.379. The summed E-state index contributed by atoms with van der Waals surface area (Å²) in [5, 5.41) is 121. The molecule has 19 heteroatoms. The first-order chi connectivity index (χ1) is 51.8. The van der Waals surface area contributed by atoms with E-state index in [0.29, 0.717) is 6.42 Å². The Morgan fingerprint density at radius 2 is 0.585 bits per heavy atom. The largest absolute Gasteiger partial charge is 0.394 e. The van der Waals surface area contributed by atoms with Crippen molar-refractivity contribution < 1.29 is 89.4 Å².